The van der Waals surface area contributed by atoms with Gasteiger partial charge in [0.1, 0.15) is 11.9 Å². The first-order valence-electron chi connectivity index (χ1n) is 5.79. The summed E-state index contributed by atoms with van der Waals surface area (Å²) in [5.41, 5.74) is 0.384. The van der Waals surface area contributed by atoms with Gasteiger partial charge < -0.3 is 9.62 Å². The maximum atomic E-state index is 11.0. The molecule has 0 aromatic heterocycles. The quantitative estimate of drug-likeness (QED) is 0.256. The Morgan fingerprint density at radius 1 is 1.28 bits per heavy atom. The summed E-state index contributed by atoms with van der Waals surface area (Å²) in [4.78, 5) is 21.1. The molecule has 1 aromatic carbocycles. The van der Waals surface area contributed by atoms with Crippen molar-refractivity contribution in [3.8, 4) is 0 Å². The summed E-state index contributed by atoms with van der Waals surface area (Å²) >= 11 is 0. The van der Waals surface area contributed by atoms with Crippen molar-refractivity contribution in [3.05, 3.63) is 48.2 Å². The molecule has 1 aromatic rings. The summed E-state index contributed by atoms with van der Waals surface area (Å²) in [6.07, 6.45) is 2.34. The maximum Gasteiger partial charge on any atom is 0.333 e. The van der Waals surface area contributed by atoms with E-state index in [-0.39, 0.29) is 0 Å². The van der Waals surface area contributed by atoms with Crippen molar-refractivity contribution in [2.24, 2.45) is 0 Å². The second-order valence-corrected chi connectivity index (χ2v) is 4.11. The largest absolute Gasteiger partial charge is 0.463 e. The lowest BCUT2D eigenvalue weighted by Gasteiger charge is -2.22. The van der Waals surface area contributed by atoms with Crippen LogP contribution in [0.15, 0.2) is 42.7 Å². The molecule has 0 aliphatic rings. The van der Waals surface area contributed by atoms with Crippen LogP contribution in [-0.2, 0) is 24.9 Å². The van der Waals surface area contributed by atoms with E-state index in [4.69, 9.17) is 14.5 Å². The summed E-state index contributed by atoms with van der Waals surface area (Å²) in [6, 6.07) is 9.67. The Morgan fingerprint density at radius 2 is 1.94 bits per heavy atom. The molecule has 0 amide bonds. The molecular formula is C14H18O4. The molecule has 0 spiro atoms. The Bertz CT molecular complexity index is 396. The third-order valence-electron chi connectivity index (χ3n) is 2.27. The van der Waals surface area contributed by atoms with E-state index in [1.807, 2.05) is 44.2 Å². The van der Waals surface area contributed by atoms with Gasteiger partial charge in [0, 0.05) is 0 Å². The summed E-state index contributed by atoms with van der Waals surface area (Å²) in [7, 11) is 0. The summed E-state index contributed by atoms with van der Waals surface area (Å²) in [5, 5.41) is 0. The minimum absolute atomic E-state index is 0.333. The standard InChI is InChI=1S/C14H18O4/c1-4-16-13(15)10-11-17-18-14(2,3)12-8-6-5-7-9-12/h5-11H,4H2,1-3H3. The minimum Gasteiger partial charge on any atom is -0.463 e. The number of hydrogen-bond donors (Lipinski definition) is 0. The first-order valence-corrected chi connectivity index (χ1v) is 5.79. The molecule has 0 heterocycles. The Labute approximate surface area is 107 Å². The lowest BCUT2D eigenvalue weighted by atomic mass is 9.99. The molecule has 0 atom stereocenters. The summed E-state index contributed by atoms with van der Waals surface area (Å²) in [5.74, 6) is -0.460. The van der Waals surface area contributed by atoms with E-state index in [2.05, 4.69) is 0 Å². The lowest BCUT2D eigenvalue weighted by Crippen LogP contribution is -2.20. The summed E-state index contributed by atoms with van der Waals surface area (Å²) in [6.45, 7) is 5.82. The molecule has 0 unspecified atom stereocenters. The monoisotopic (exact) mass is 250 g/mol. The molecule has 1 rings (SSSR count). The molecule has 18 heavy (non-hydrogen) atoms. The summed E-state index contributed by atoms with van der Waals surface area (Å²) < 4.78 is 4.70. The number of carbonyl (C=O) groups excluding carboxylic acids is 1. The molecule has 98 valence electrons. The van der Waals surface area contributed by atoms with E-state index in [1.165, 1.54) is 12.3 Å². The van der Waals surface area contributed by atoms with Crippen LogP contribution in [0.3, 0.4) is 0 Å². The van der Waals surface area contributed by atoms with Crippen LogP contribution < -0.4 is 0 Å². The SMILES string of the molecule is CCOC(=O)C=COOC(C)(C)c1ccccc1. The third-order valence-corrected chi connectivity index (χ3v) is 2.27. The fourth-order valence-electron chi connectivity index (χ4n) is 1.31. The number of esters is 1. The Morgan fingerprint density at radius 3 is 2.56 bits per heavy atom. The molecule has 4 heteroatoms. The highest BCUT2D eigenvalue weighted by Crippen LogP contribution is 2.24. The zero-order valence-corrected chi connectivity index (χ0v) is 10.9. The van der Waals surface area contributed by atoms with E-state index < -0.39 is 11.6 Å². The van der Waals surface area contributed by atoms with Gasteiger partial charge in [-0.05, 0) is 26.3 Å². The van der Waals surface area contributed by atoms with Gasteiger partial charge in [0.25, 0.3) is 0 Å². The van der Waals surface area contributed by atoms with E-state index >= 15 is 0 Å². The molecule has 0 fully saturated rings. The smallest absolute Gasteiger partial charge is 0.333 e. The van der Waals surface area contributed by atoms with Crippen molar-refractivity contribution in [1.29, 1.82) is 0 Å². The van der Waals surface area contributed by atoms with Crippen molar-refractivity contribution in [3.63, 3.8) is 0 Å². The molecule has 0 N–H and O–H groups in total. The van der Waals surface area contributed by atoms with Gasteiger partial charge in [-0.15, -0.1) is 0 Å². The number of carbonyl (C=O) groups is 1. The minimum atomic E-state index is -0.597. The zero-order chi connectivity index (χ0) is 13.4. The van der Waals surface area contributed by atoms with Gasteiger partial charge in [0.2, 0.25) is 0 Å². The third kappa shape index (κ3) is 4.59. The Balaban J connectivity index is 2.45. The molecule has 0 radical (unpaired) electrons. The van der Waals surface area contributed by atoms with Crippen molar-refractivity contribution in [1.82, 2.24) is 0 Å². The predicted molar refractivity (Wildman–Crippen MR) is 67.4 cm³/mol. The highest BCUT2D eigenvalue weighted by Gasteiger charge is 2.22. The number of hydrogen-bond acceptors (Lipinski definition) is 4. The lowest BCUT2D eigenvalue weighted by molar-refractivity contribution is -0.321. The average molecular weight is 250 g/mol. The molecular weight excluding hydrogens is 232 g/mol. The first kappa shape index (κ1) is 14.3. The van der Waals surface area contributed by atoms with Crippen molar-refractivity contribution >= 4 is 5.97 Å². The van der Waals surface area contributed by atoms with E-state index in [9.17, 15) is 4.79 Å². The first-order chi connectivity index (χ1) is 8.56. The second-order valence-electron chi connectivity index (χ2n) is 4.11. The van der Waals surface area contributed by atoms with Gasteiger partial charge >= 0.3 is 5.97 Å². The van der Waals surface area contributed by atoms with Gasteiger partial charge in [-0.25, -0.2) is 4.79 Å². The molecule has 0 saturated carbocycles. The normalized spacial score (nSPS) is 11.5. The van der Waals surface area contributed by atoms with Gasteiger partial charge in [0.15, 0.2) is 0 Å². The van der Waals surface area contributed by atoms with Crippen molar-refractivity contribution < 1.29 is 19.3 Å². The van der Waals surface area contributed by atoms with E-state index in [0.717, 1.165) is 5.56 Å². The molecule has 4 nitrogen and oxygen atoms in total. The number of benzene rings is 1. The average Bonchev–Trinajstić information content (AvgIpc) is 2.36. The van der Waals surface area contributed by atoms with Crippen LogP contribution in [0.2, 0.25) is 0 Å². The number of rotatable bonds is 6. The Kier molecular flexibility index (Phi) is 5.39. The van der Waals surface area contributed by atoms with Gasteiger partial charge in [0.05, 0.1) is 12.7 Å². The number of ether oxygens (including phenoxy) is 1. The highest BCUT2D eigenvalue weighted by molar-refractivity contribution is 5.81. The maximum absolute atomic E-state index is 11.0. The van der Waals surface area contributed by atoms with Crippen LogP contribution in [0.5, 0.6) is 0 Å². The fraction of sp³-hybridized carbons (Fsp3) is 0.357. The van der Waals surface area contributed by atoms with Crippen LogP contribution in [0.4, 0.5) is 0 Å². The second kappa shape index (κ2) is 6.81. The molecule has 0 bridgehead atoms. The fourth-order valence-corrected chi connectivity index (χ4v) is 1.31. The van der Waals surface area contributed by atoms with Crippen LogP contribution in [-0.4, -0.2) is 12.6 Å². The van der Waals surface area contributed by atoms with Crippen LogP contribution in [0.25, 0.3) is 0 Å². The van der Waals surface area contributed by atoms with E-state index in [0.29, 0.717) is 6.61 Å². The molecule has 0 aliphatic carbocycles. The topological polar surface area (TPSA) is 44.8 Å². The van der Waals surface area contributed by atoms with Gasteiger partial charge in [-0.3, -0.25) is 0 Å². The van der Waals surface area contributed by atoms with Crippen LogP contribution >= 0.6 is 0 Å². The van der Waals surface area contributed by atoms with Crippen molar-refractivity contribution in [2.45, 2.75) is 26.4 Å². The van der Waals surface area contributed by atoms with Crippen molar-refractivity contribution in [2.75, 3.05) is 6.61 Å². The van der Waals surface area contributed by atoms with Gasteiger partial charge in [-0.2, -0.15) is 4.89 Å². The predicted octanol–water partition coefficient (Wildman–Crippen LogP) is 2.95. The van der Waals surface area contributed by atoms with Gasteiger partial charge in [-0.1, -0.05) is 30.3 Å². The Hall–Kier alpha value is -1.81. The molecule has 0 aliphatic heterocycles. The van der Waals surface area contributed by atoms with Crippen LogP contribution in [0, 0.1) is 0 Å². The zero-order valence-electron chi connectivity index (χ0n) is 10.9. The molecule has 0 saturated heterocycles. The highest BCUT2D eigenvalue weighted by atomic mass is 17.2. The van der Waals surface area contributed by atoms with E-state index in [1.54, 1.807) is 6.92 Å². The van der Waals surface area contributed by atoms with Crippen LogP contribution in [0.1, 0.15) is 26.3 Å².